The molecule has 3 N–H and O–H groups in total. The number of methoxy groups -OCH3 is 2. The van der Waals surface area contributed by atoms with Crippen molar-refractivity contribution in [3.8, 4) is 0 Å². The molecule has 1 fully saturated rings. The van der Waals surface area contributed by atoms with Crippen molar-refractivity contribution in [2.75, 3.05) is 14.2 Å². The zero-order valence-corrected chi connectivity index (χ0v) is 13.1. The van der Waals surface area contributed by atoms with Crippen LogP contribution in [0.2, 0.25) is 0 Å². The number of carbonyl (C=O) groups is 3. The third-order valence-electron chi connectivity index (χ3n) is 3.58. The fourth-order valence-electron chi connectivity index (χ4n) is 2.40. The van der Waals surface area contributed by atoms with Crippen LogP contribution >= 0.6 is 12.4 Å². The van der Waals surface area contributed by atoms with Crippen LogP contribution in [-0.2, 0) is 23.9 Å². The highest BCUT2D eigenvalue weighted by Gasteiger charge is 2.29. The van der Waals surface area contributed by atoms with Crippen molar-refractivity contribution in [1.82, 2.24) is 5.32 Å². The van der Waals surface area contributed by atoms with Crippen molar-refractivity contribution in [3.63, 3.8) is 0 Å². The van der Waals surface area contributed by atoms with Gasteiger partial charge in [0.15, 0.2) is 0 Å². The Morgan fingerprint density at radius 3 is 2.38 bits per heavy atom. The molecule has 1 saturated carbocycles. The Labute approximate surface area is 130 Å². The minimum Gasteiger partial charge on any atom is -0.469 e. The number of rotatable bonds is 6. The number of ether oxygens (including phenoxy) is 2. The Kier molecular flexibility index (Phi) is 8.96. The highest BCUT2D eigenvalue weighted by atomic mass is 35.5. The van der Waals surface area contributed by atoms with Crippen molar-refractivity contribution >= 4 is 30.3 Å². The third-order valence-corrected chi connectivity index (χ3v) is 3.58. The molecule has 0 radical (unpaired) electrons. The van der Waals surface area contributed by atoms with E-state index in [1.807, 2.05) is 0 Å². The maximum Gasteiger partial charge on any atom is 0.328 e. The first kappa shape index (κ1) is 19.7. The molecule has 7 nitrogen and oxygen atoms in total. The van der Waals surface area contributed by atoms with Crippen LogP contribution in [0, 0.1) is 5.92 Å². The summed E-state index contributed by atoms with van der Waals surface area (Å²) in [5.41, 5.74) is 5.90. The van der Waals surface area contributed by atoms with Crippen LogP contribution in [0.15, 0.2) is 0 Å². The lowest BCUT2D eigenvalue weighted by Gasteiger charge is -2.18. The van der Waals surface area contributed by atoms with Gasteiger partial charge in [0, 0.05) is 12.5 Å². The molecule has 1 rings (SSSR count). The van der Waals surface area contributed by atoms with Crippen molar-refractivity contribution in [3.05, 3.63) is 0 Å². The zero-order valence-electron chi connectivity index (χ0n) is 12.3. The molecule has 1 aliphatic rings. The number of carbonyl (C=O) groups excluding carboxylic acids is 3. The van der Waals surface area contributed by atoms with Gasteiger partial charge in [0.25, 0.3) is 0 Å². The Morgan fingerprint density at radius 1 is 1.24 bits per heavy atom. The number of halogens is 1. The highest BCUT2D eigenvalue weighted by molar-refractivity contribution is 5.88. The molecule has 21 heavy (non-hydrogen) atoms. The average molecular weight is 323 g/mol. The van der Waals surface area contributed by atoms with Crippen LogP contribution in [0.3, 0.4) is 0 Å². The second kappa shape index (κ2) is 9.57. The molecular formula is C13H23ClN2O5. The summed E-state index contributed by atoms with van der Waals surface area (Å²) in [7, 11) is 2.42. The summed E-state index contributed by atoms with van der Waals surface area (Å²) in [5.74, 6) is -1.42. The standard InChI is InChI=1S/C13H22N2O5.ClH/c1-19-12(17)7-10(13(18)20-2)15-11(16)6-8-4-3-5-9(8)14;/h8-10H,3-7,14H2,1-2H3,(H,15,16);1H/t8-,9+,10?;/m0./s1. The van der Waals surface area contributed by atoms with Crippen LogP contribution in [0.25, 0.3) is 0 Å². The molecule has 8 heteroatoms. The SMILES string of the molecule is COC(=O)CC(NC(=O)C[C@@H]1CCC[C@H]1N)C(=O)OC.Cl. The number of amides is 1. The summed E-state index contributed by atoms with van der Waals surface area (Å²) in [5, 5.41) is 2.51. The van der Waals surface area contributed by atoms with Crippen LogP contribution in [0.4, 0.5) is 0 Å². The molecule has 1 amide bonds. The first-order valence-electron chi connectivity index (χ1n) is 6.67. The number of nitrogens with one attached hydrogen (secondary N) is 1. The molecule has 1 aliphatic carbocycles. The van der Waals surface area contributed by atoms with E-state index in [4.69, 9.17) is 5.73 Å². The Hall–Kier alpha value is -1.34. The van der Waals surface area contributed by atoms with Gasteiger partial charge >= 0.3 is 11.9 Å². The fourth-order valence-corrected chi connectivity index (χ4v) is 2.40. The topological polar surface area (TPSA) is 108 Å². The van der Waals surface area contributed by atoms with Crippen molar-refractivity contribution in [2.45, 2.75) is 44.2 Å². The average Bonchev–Trinajstić information content (AvgIpc) is 2.82. The van der Waals surface area contributed by atoms with E-state index in [1.54, 1.807) is 0 Å². The summed E-state index contributed by atoms with van der Waals surface area (Å²) in [4.78, 5) is 34.7. The van der Waals surface area contributed by atoms with Gasteiger partial charge in [-0.1, -0.05) is 6.42 Å². The lowest BCUT2D eigenvalue weighted by molar-refractivity contribution is -0.150. The molecular weight excluding hydrogens is 300 g/mol. The molecule has 0 aromatic rings. The van der Waals surface area contributed by atoms with E-state index in [1.165, 1.54) is 14.2 Å². The lowest BCUT2D eigenvalue weighted by atomic mass is 9.99. The fraction of sp³-hybridized carbons (Fsp3) is 0.769. The smallest absolute Gasteiger partial charge is 0.328 e. The van der Waals surface area contributed by atoms with E-state index in [-0.39, 0.29) is 43.1 Å². The van der Waals surface area contributed by atoms with Gasteiger partial charge in [-0.05, 0) is 18.8 Å². The zero-order chi connectivity index (χ0) is 15.1. The van der Waals surface area contributed by atoms with Gasteiger partial charge in [-0.15, -0.1) is 12.4 Å². The van der Waals surface area contributed by atoms with Crippen molar-refractivity contribution < 1.29 is 23.9 Å². The number of esters is 2. The van der Waals surface area contributed by atoms with Crippen LogP contribution in [0.5, 0.6) is 0 Å². The summed E-state index contributed by atoms with van der Waals surface area (Å²) < 4.78 is 9.05. The predicted molar refractivity (Wildman–Crippen MR) is 77.8 cm³/mol. The highest BCUT2D eigenvalue weighted by Crippen LogP contribution is 2.26. The van der Waals surface area contributed by atoms with Crippen molar-refractivity contribution in [1.29, 1.82) is 0 Å². The van der Waals surface area contributed by atoms with Gasteiger partial charge in [-0.3, -0.25) is 9.59 Å². The summed E-state index contributed by atoms with van der Waals surface area (Å²) in [6.07, 6.45) is 2.86. The molecule has 0 aliphatic heterocycles. The van der Waals surface area contributed by atoms with Crippen LogP contribution in [-0.4, -0.2) is 44.1 Å². The normalized spacial score (nSPS) is 21.9. The van der Waals surface area contributed by atoms with Gasteiger partial charge in [0.2, 0.25) is 5.91 Å². The molecule has 0 aromatic heterocycles. The number of nitrogens with two attached hydrogens (primary N) is 1. The monoisotopic (exact) mass is 322 g/mol. The van der Waals surface area contributed by atoms with E-state index < -0.39 is 18.0 Å². The summed E-state index contributed by atoms with van der Waals surface area (Å²) in [6, 6.07) is -0.990. The van der Waals surface area contributed by atoms with E-state index in [9.17, 15) is 14.4 Å². The molecule has 3 atom stereocenters. The molecule has 1 unspecified atom stereocenters. The molecule has 0 aromatic carbocycles. The first-order chi connectivity index (χ1) is 9.47. The Balaban J connectivity index is 0.00000400. The molecule has 122 valence electrons. The molecule has 0 bridgehead atoms. The summed E-state index contributed by atoms with van der Waals surface area (Å²) in [6.45, 7) is 0. The predicted octanol–water partition coefficient (Wildman–Crippen LogP) is 0.147. The Bertz CT molecular complexity index is 378. The second-order valence-corrected chi connectivity index (χ2v) is 4.98. The van der Waals surface area contributed by atoms with Gasteiger partial charge in [0.1, 0.15) is 6.04 Å². The van der Waals surface area contributed by atoms with Crippen LogP contribution < -0.4 is 11.1 Å². The van der Waals surface area contributed by atoms with E-state index in [0.717, 1.165) is 19.3 Å². The maximum atomic E-state index is 11.9. The van der Waals surface area contributed by atoms with Gasteiger partial charge in [-0.2, -0.15) is 0 Å². The maximum absolute atomic E-state index is 11.9. The Morgan fingerprint density at radius 2 is 1.90 bits per heavy atom. The first-order valence-corrected chi connectivity index (χ1v) is 6.67. The van der Waals surface area contributed by atoms with Gasteiger partial charge < -0.3 is 20.5 Å². The van der Waals surface area contributed by atoms with E-state index >= 15 is 0 Å². The molecule has 0 heterocycles. The second-order valence-electron chi connectivity index (χ2n) is 4.98. The van der Waals surface area contributed by atoms with Gasteiger partial charge in [0.05, 0.1) is 20.6 Å². The summed E-state index contributed by atoms with van der Waals surface area (Å²) >= 11 is 0. The quantitative estimate of drug-likeness (QED) is 0.674. The minimum atomic E-state index is -1.02. The molecule has 0 saturated heterocycles. The minimum absolute atomic E-state index is 0. The van der Waals surface area contributed by atoms with E-state index in [0.29, 0.717) is 0 Å². The number of hydrogen-bond acceptors (Lipinski definition) is 6. The molecule has 0 spiro atoms. The van der Waals surface area contributed by atoms with E-state index in [2.05, 4.69) is 14.8 Å². The van der Waals surface area contributed by atoms with Crippen LogP contribution in [0.1, 0.15) is 32.1 Å². The lowest BCUT2D eigenvalue weighted by Crippen LogP contribution is -2.44. The largest absolute Gasteiger partial charge is 0.469 e. The van der Waals surface area contributed by atoms with Gasteiger partial charge in [-0.25, -0.2) is 4.79 Å². The third kappa shape index (κ3) is 6.31. The number of hydrogen-bond donors (Lipinski definition) is 2. The van der Waals surface area contributed by atoms with Crippen molar-refractivity contribution in [2.24, 2.45) is 11.7 Å².